The summed E-state index contributed by atoms with van der Waals surface area (Å²) in [6, 6.07) is 1.90. The van der Waals surface area contributed by atoms with Gasteiger partial charge in [-0.1, -0.05) is 0 Å². The van der Waals surface area contributed by atoms with Crippen molar-refractivity contribution < 1.29 is 5.11 Å². The first-order chi connectivity index (χ1) is 8.43. The van der Waals surface area contributed by atoms with Crippen molar-refractivity contribution in [3.05, 3.63) is 0 Å². The number of hydrogen-bond acceptors (Lipinski definition) is 4. The van der Waals surface area contributed by atoms with Crippen LogP contribution in [0.15, 0.2) is 0 Å². The topological polar surface area (TPSA) is 52.7 Å². The van der Waals surface area contributed by atoms with Crippen molar-refractivity contribution in [1.29, 1.82) is 0 Å². The fraction of sp³-hybridized carbons (Fsp3) is 1.00. The molecule has 2 bridgehead atoms. The van der Waals surface area contributed by atoms with E-state index >= 15 is 0 Å². The van der Waals surface area contributed by atoms with E-state index in [2.05, 4.69) is 23.8 Å². The second-order valence-electron chi connectivity index (χ2n) is 6.59. The van der Waals surface area contributed by atoms with Gasteiger partial charge < -0.3 is 10.8 Å². The Morgan fingerprint density at radius 3 is 2.67 bits per heavy atom. The van der Waals surface area contributed by atoms with Crippen molar-refractivity contribution in [2.24, 2.45) is 5.73 Å². The third-order valence-electron chi connectivity index (χ3n) is 4.98. The average molecular weight is 255 g/mol. The minimum atomic E-state index is -0.726. The molecule has 3 N–H and O–H groups in total. The Balaban J connectivity index is 1.93. The van der Waals surface area contributed by atoms with Crippen LogP contribution in [0.1, 0.15) is 39.5 Å². The van der Waals surface area contributed by atoms with E-state index in [0.29, 0.717) is 18.6 Å². The van der Waals surface area contributed by atoms with Gasteiger partial charge in [0.2, 0.25) is 0 Å². The van der Waals surface area contributed by atoms with E-state index in [4.69, 9.17) is 5.73 Å². The highest BCUT2D eigenvalue weighted by molar-refractivity contribution is 4.93. The van der Waals surface area contributed by atoms with Crippen molar-refractivity contribution in [1.82, 2.24) is 9.80 Å². The number of nitrogens with two attached hydrogens (primary N) is 1. The van der Waals surface area contributed by atoms with E-state index < -0.39 is 5.60 Å². The van der Waals surface area contributed by atoms with Gasteiger partial charge >= 0.3 is 0 Å². The Morgan fingerprint density at radius 1 is 1.33 bits per heavy atom. The lowest BCUT2D eigenvalue weighted by molar-refractivity contribution is 0.0269. The lowest BCUT2D eigenvalue weighted by atomic mass is 9.96. The van der Waals surface area contributed by atoms with Crippen LogP contribution in [-0.2, 0) is 0 Å². The first-order valence-electron chi connectivity index (χ1n) is 7.31. The number of rotatable bonds is 4. The molecule has 0 aromatic carbocycles. The minimum absolute atomic E-state index is 0.344. The van der Waals surface area contributed by atoms with Crippen LogP contribution >= 0.6 is 0 Å². The number of hydrogen-bond donors (Lipinski definition) is 2. The minimum Gasteiger partial charge on any atom is -0.389 e. The molecule has 0 aromatic heterocycles. The molecule has 2 fully saturated rings. The zero-order chi connectivity index (χ0) is 13.3. The van der Waals surface area contributed by atoms with Crippen LogP contribution in [0.3, 0.4) is 0 Å². The third kappa shape index (κ3) is 3.05. The molecule has 0 saturated carbocycles. The highest BCUT2D eigenvalue weighted by Crippen LogP contribution is 2.30. The van der Waals surface area contributed by atoms with Gasteiger partial charge in [0.15, 0.2) is 0 Å². The van der Waals surface area contributed by atoms with Gasteiger partial charge in [0.25, 0.3) is 0 Å². The Morgan fingerprint density at radius 2 is 2.00 bits per heavy atom. The van der Waals surface area contributed by atoms with E-state index in [1.54, 1.807) is 0 Å². The Bertz CT molecular complexity index is 282. The number of nitrogens with zero attached hydrogens (tertiary/aromatic N) is 2. The smallest absolute Gasteiger partial charge is 0.0756 e. The van der Waals surface area contributed by atoms with Crippen molar-refractivity contribution >= 4 is 0 Å². The molecule has 18 heavy (non-hydrogen) atoms. The molecular weight excluding hydrogens is 226 g/mol. The monoisotopic (exact) mass is 255 g/mol. The van der Waals surface area contributed by atoms with Crippen molar-refractivity contribution in [3.8, 4) is 0 Å². The van der Waals surface area contributed by atoms with Gasteiger partial charge in [-0.05, 0) is 53.1 Å². The van der Waals surface area contributed by atoms with Crippen LogP contribution in [0, 0.1) is 0 Å². The molecule has 0 amide bonds. The highest BCUT2D eigenvalue weighted by atomic mass is 16.3. The first kappa shape index (κ1) is 14.3. The van der Waals surface area contributed by atoms with E-state index in [0.717, 1.165) is 25.6 Å². The summed E-state index contributed by atoms with van der Waals surface area (Å²) in [6.07, 6.45) is 4.73. The number of likely N-dealkylation sites (N-methyl/N-ethyl adjacent to an activating group) is 1. The van der Waals surface area contributed by atoms with Gasteiger partial charge in [0.1, 0.15) is 0 Å². The van der Waals surface area contributed by atoms with Crippen LogP contribution in [0.4, 0.5) is 0 Å². The summed E-state index contributed by atoms with van der Waals surface area (Å²) in [5.41, 5.74) is 4.90. The highest BCUT2D eigenvalue weighted by Gasteiger charge is 2.36. The van der Waals surface area contributed by atoms with Crippen molar-refractivity contribution in [3.63, 3.8) is 0 Å². The van der Waals surface area contributed by atoms with Crippen LogP contribution in [-0.4, -0.2) is 65.3 Å². The maximum absolute atomic E-state index is 10.1. The predicted octanol–water partition coefficient (Wildman–Crippen LogP) is 0.643. The zero-order valence-corrected chi connectivity index (χ0v) is 12.1. The molecule has 2 rings (SSSR count). The molecule has 4 nitrogen and oxygen atoms in total. The normalized spacial score (nSPS) is 35.2. The average Bonchev–Trinajstić information content (AvgIpc) is 2.52. The lowest BCUT2D eigenvalue weighted by Crippen LogP contribution is -2.46. The maximum atomic E-state index is 10.1. The molecule has 4 atom stereocenters. The second kappa shape index (κ2) is 5.45. The largest absolute Gasteiger partial charge is 0.389 e. The van der Waals surface area contributed by atoms with Gasteiger partial charge in [-0.3, -0.25) is 9.80 Å². The SMILES string of the molecule is CC(CC(C)(O)CN)N1CCC2CCC(C1)N2C. The Kier molecular flexibility index (Phi) is 4.32. The Labute approximate surface area is 111 Å². The van der Waals surface area contributed by atoms with Gasteiger partial charge in [-0.15, -0.1) is 0 Å². The van der Waals surface area contributed by atoms with E-state index in [9.17, 15) is 5.11 Å². The molecule has 4 unspecified atom stereocenters. The van der Waals surface area contributed by atoms with Gasteiger partial charge in [0, 0.05) is 31.2 Å². The zero-order valence-electron chi connectivity index (χ0n) is 12.1. The van der Waals surface area contributed by atoms with Gasteiger partial charge in [-0.2, -0.15) is 0 Å². The predicted molar refractivity (Wildman–Crippen MR) is 74.5 cm³/mol. The van der Waals surface area contributed by atoms with E-state index in [-0.39, 0.29) is 0 Å². The van der Waals surface area contributed by atoms with Crippen LogP contribution in [0.5, 0.6) is 0 Å². The lowest BCUT2D eigenvalue weighted by Gasteiger charge is -2.35. The molecule has 2 aliphatic rings. The number of likely N-dealkylation sites (tertiary alicyclic amines) is 1. The van der Waals surface area contributed by atoms with Crippen LogP contribution in [0.25, 0.3) is 0 Å². The summed E-state index contributed by atoms with van der Waals surface area (Å²) in [5.74, 6) is 0. The van der Waals surface area contributed by atoms with E-state index in [1.807, 2.05) is 6.92 Å². The van der Waals surface area contributed by atoms with Gasteiger partial charge in [-0.25, -0.2) is 0 Å². The molecule has 0 aromatic rings. The molecule has 106 valence electrons. The number of aliphatic hydroxyl groups is 1. The fourth-order valence-electron chi connectivity index (χ4n) is 3.58. The van der Waals surface area contributed by atoms with Crippen LogP contribution in [0.2, 0.25) is 0 Å². The molecule has 4 heteroatoms. The maximum Gasteiger partial charge on any atom is 0.0756 e. The quantitative estimate of drug-likeness (QED) is 0.774. The summed E-state index contributed by atoms with van der Waals surface area (Å²) in [4.78, 5) is 5.11. The summed E-state index contributed by atoms with van der Waals surface area (Å²) in [7, 11) is 2.27. The molecule has 2 saturated heterocycles. The summed E-state index contributed by atoms with van der Waals surface area (Å²) in [5, 5.41) is 10.1. The van der Waals surface area contributed by atoms with E-state index in [1.165, 1.54) is 19.3 Å². The number of fused-ring (bicyclic) bond motifs is 2. The van der Waals surface area contributed by atoms with Gasteiger partial charge in [0.05, 0.1) is 5.60 Å². The van der Waals surface area contributed by atoms with Crippen molar-refractivity contribution in [2.45, 2.75) is 63.3 Å². The Hall–Kier alpha value is -0.160. The molecule has 2 aliphatic heterocycles. The second-order valence-corrected chi connectivity index (χ2v) is 6.59. The fourth-order valence-corrected chi connectivity index (χ4v) is 3.58. The first-order valence-corrected chi connectivity index (χ1v) is 7.31. The summed E-state index contributed by atoms with van der Waals surface area (Å²) >= 11 is 0. The summed E-state index contributed by atoms with van der Waals surface area (Å²) in [6.45, 7) is 6.72. The molecule has 0 spiro atoms. The molecular formula is C14H29N3O. The van der Waals surface area contributed by atoms with Crippen molar-refractivity contribution in [2.75, 3.05) is 26.7 Å². The molecule has 0 aliphatic carbocycles. The molecule has 2 heterocycles. The van der Waals surface area contributed by atoms with Crippen LogP contribution < -0.4 is 5.73 Å². The summed E-state index contributed by atoms with van der Waals surface area (Å²) < 4.78 is 0. The standard InChI is InChI=1S/C14H29N3O/c1-11(8-14(2,18)10-15)17-7-6-12-4-5-13(9-17)16(12)3/h11-13,18H,4-10,15H2,1-3H3. The third-order valence-corrected chi connectivity index (χ3v) is 4.98. The molecule has 0 radical (unpaired) electrons.